The highest BCUT2D eigenvalue weighted by Crippen LogP contribution is 2.22. The van der Waals surface area contributed by atoms with Crippen LogP contribution >= 0.6 is 15.9 Å². The number of hydrogen-bond acceptors (Lipinski definition) is 3. The van der Waals surface area contributed by atoms with Crippen molar-refractivity contribution in [3.8, 4) is 0 Å². The van der Waals surface area contributed by atoms with Gasteiger partial charge < -0.3 is 4.90 Å². The maximum absolute atomic E-state index is 4.47. The second kappa shape index (κ2) is 5.83. The third-order valence-electron chi connectivity index (χ3n) is 3.53. The first kappa shape index (κ1) is 12.8. The van der Waals surface area contributed by atoms with Gasteiger partial charge in [-0.2, -0.15) is 0 Å². The van der Waals surface area contributed by atoms with E-state index in [4.69, 9.17) is 0 Å². The standard InChI is InChI=1S/C13H20BrN3/c1-3-16(4-2)12-7-8-17(10-12)13-6-5-11(14)9-15-13/h5-6,9,12H,3-4,7-8,10H2,1-2H3. The Labute approximate surface area is 112 Å². The summed E-state index contributed by atoms with van der Waals surface area (Å²) in [5, 5.41) is 0. The minimum absolute atomic E-state index is 0.690. The molecule has 0 amide bonds. The molecule has 0 aliphatic carbocycles. The minimum Gasteiger partial charge on any atom is -0.355 e. The van der Waals surface area contributed by atoms with Crippen molar-refractivity contribution in [1.29, 1.82) is 0 Å². The largest absolute Gasteiger partial charge is 0.355 e. The summed E-state index contributed by atoms with van der Waals surface area (Å²) in [4.78, 5) is 9.39. The number of likely N-dealkylation sites (N-methyl/N-ethyl adjacent to an activating group) is 1. The van der Waals surface area contributed by atoms with Gasteiger partial charge in [-0.1, -0.05) is 13.8 Å². The number of rotatable bonds is 4. The number of anilines is 1. The molecule has 0 aromatic carbocycles. The molecule has 94 valence electrons. The second-order valence-electron chi connectivity index (χ2n) is 4.44. The molecule has 1 aromatic rings. The predicted molar refractivity (Wildman–Crippen MR) is 75.5 cm³/mol. The van der Waals surface area contributed by atoms with Crippen molar-refractivity contribution in [3.05, 3.63) is 22.8 Å². The molecule has 0 radical (unpaired) electrons. The van der Waals surface area contributed by atoms with Crippen molar-refractivity contribution < 1.29 is 0 Å². The maximum atomic E-state index is 4.47. The minimum atomic E-state index is 0.690. The quantitative estimate of drug-likeness (QED) is 0.852. The lowest BCUT2D eigenvalue weighted by Crippen LogP contribution is -2.37. The average Bonchev–Trinajstić information content (AvgIpc) is 2.81. The molecule has 3 nitrogen and oxygen atoms in total. The van der Waals surface area contributed by atoms with E-state index < -0.39 is 0 Å². The molecule has 1 fully saturated rings. The molecule has 2 rings (SSSR count). The van der Waals surface area contributed by atoms with Crippen LogP contribution in [0.4, 0.5) is 5.82 Å². The molecule has 1 unspecified atom stereocenters. The van der Waals surface area contributed by atoms with Crippen molar-refractivity contribution >= 4 is 21.7 Å². The molecule has 1 aliphatic heterocycles. The normalized spacial score (nSPS) is 20.2. The van der Waals surface area contributed by atoms with Crippen LogP contribution in [0.25, 0.3) is 0 Å². The van der Waals surface area contributed by atoms with E-state index in [1.807, 2.05) is 6.20 Å². The summed E-state index contributed by atoms with van der Waals surface area (Å²) in [6.45, 7) is 8.99. The Morgan fingerprint density at radius 1 is 1.41 bits per heavy atom. The van der Waals surface area contributed by atoms with Crippen molar-refractivity contribution in [1.82, 2.24) is 9.88 Å². The highest BCUT2D eigenvalue weighted by molar-refractivity contribution is 9.10. The van der Waals surface area contributed by atoms with Gasteiger partial charge in [-0.05, 0) is 47.6 Å². The number of halogens is 1. The van der Waals surface area contributed by atoms with Crippen LogP contribution < -0.4 is 4.90 Å². The van der Waals surface area contributed by atoms with E-state index in [1.54, 1.807) is 0 Å². The lowest BCUT2D eigenvalue weighted by Gasteiger charge is -2.26. The van der Waals surface area contributed by atoms with E-state index in [1.165, 1.54) is 6.42 Å². The van der Waals surface area contributed by atoms with Crippen LogP contribution in [0.3, 0.4) is 0 Å². The van der Waals surface area contributed by atoms with Gasteiger partial charge in [0.1, 0.15) is 5.82 Å². The fourth-order valence-electron chi connectivity index (χ4n) is 2.54. The molecule has 4 heteroatoms. The van der Waals surface area contributed by atoms with E-state index >= 15 is 0 Å². The van der Waals surface area contributed by atoms with Gasteiger partial charge in [-0.25, -0.2) is 4.98 Å². The van der Waals surface area contributed by atoms with Gasteiger partial charge in [0, 0.05) is 29.8 Å². The highest BCUT2D eigenvalue weighted by Gasteiger charge is 2.26. The summed E-state index contributed by atoms with van der Waals surface area (Å²) >= 11 is 3.42. The maximum Gasteiger partial charge on any atom is 0.128 e. The Morgan fingerprint density at radius 3 is 2.76 bits per heavy atom. The van der Waals surface area contributed by atoms with E-state index in [-0.39, 0.29) is 0 Å². The van der Waals surface area contributed by atoms with E-state index in [0.29, 0.717) is 6.04 Å². The monoisotopic (exact) mass is 297 g/mol. The van der Waals surface area contributed by atoms with Crippen molar-refractivity contribution in [2.75, 3.05) is 31.1 Å². The molecule has 0 spiro atoms. The first-order valence-electron chi connectivity index (χ1n) is 6.35. The SMILES string of the molecule is CCN(CC)C1CCN(c2ccc(Br)cn2)C1. The molecule has 2 heterocycles. The van der Waals surface area contributed by atoms with Gasteiger partial charge >= 0.3 is 0 Å². The number of hydrogen-bond donors (Lipinski definition) is 0. The second-order valence-corrected chi connectivity index (χ2v) is 5.36. The zero-order chi connectivity index (χ0) is 12.3. The van der Waals surface area contributed by atoms with Gasteiger partial charge in [0.2, 0.25) is 0 Å². The van der Waals surface area contributed by atoms with Crippen molar-refractivity contribution in [3.63, 3.8) is 0 Å². The number of nitrogens with zero attached hydrogens (tertiary/aromatic N) is 3. The fourth-order valence-corrected chi connectivity index (χ4v) is 2.78. The zero-order valence-corrected chi connectivity index (χ0v) is 12.2. The first-order chi connectivity index (χ1) is 8.24. The molecule has 1 aromatic heterocycles. The topological polar surface area (TPSA) is 19.4 Å². The van der Waals surface area contributed by atoms with Crippen LogP contribution in [0.5, 0.6) is 0 Å². The molecule has 0 saturated carbocycles. The van der Waals surface area contributed by atoms with E-state index in [0.717, 1.165) is 36.5 Å². The summed E-state index contributed by atoms with van der Waals surface area (Å²) < 4.78 is 1.04. The molecule has 17 heavy (non-hydrogen) atoms. The van der Waals surface area contributed by atoms with Gasteiger partial charge in [-0.15, -0.1) is 0 Å². The highest BCUT2D eigenvalue weighted by atomic mass is 79.9. The van der Waals surface area contributed by atoms with Crippen molar-refractivity contribution in [2.24, 2.45) is 0 Å². The van der Waals surface area contributed by atoms with Crippen LogP contribution in [0, 0.1) is 0 Å². The van der Waals surface area contributed by atoms with E-state index in [2.05, 4.69) is 56.7 Å². The Bertz CT molecular complexity index is 348. The summed E-state index contributed by atoms with van der Waals surface area (Å²) in [7, 11) is 0. The fraction of sp³-hybridized carbons (Fsp3) is 0.615. The smallest absolute Gasteiger partial charge is 0.128 e. The molecule has 1 saturated heterocycles. The lowest BCUT2D eigenvalue weighted by atomic mass is 10.2. The zero-order valence-electron chi connectivity index (χ0n) is 10.6. The van der Waals surface area contributed by atoms with Gasteiger partial charge in [-0.3, -0.25) is 4.90 Å². The summed E-state index contributed by atoms with van der Waals surface area (Å²) in [6, 6.07) is 4.84. The molecule has 0 N–H and O–H groups in total. The van der Waals surface area contributed by atoms with Crippen LogP contribution in [0.15, 0.2) is 22.8 Å². The average molecular weight is 298 g/mol. The third kappa shape index (κ3) is 2.99. The molecule has 0 bridgehead atoms. The van der Waals surface area contributed by atoms with Crippen LogP contribution in [0.2, 0.25) is 0 Å². The summed E-state index contributed by atoms with van der Waals surface area (Å²) in [5.41, 5.74) is 0. The Balaban J connectivity index is 2.00. The molecule has 1 atom stereocenters. The van der Waals surface area contributed by atoms with Gasteiger partial charge in [0.05, 0.1) is 0 Å². The number of aromatic nitrogens is 1. The molecular formula is C13H20BrN3. The van der Waals surface area contributed by atoms with Crippen LogP contribution in [-0.2, 0) is 0 Å². The Kier molecular flexibility index (Phi) is 4.40. The van der Waals surface area contributed by atoms with Gasteiger partial charge in [0.15, 0.2) is 0 Å². The van der Waals surface area contributed by atoms with Crippen LogP contribution in [0.1, 0.15) is 20.3 Å². The van der Waals surface area contributed by atoms with Crippen molar-refractivity contribution in [2.45, 2.75) is 26.3 Å². The summed E-state index contributed by atoms with van der Waals surface area (Å²) in [5.74, 6) is 1.10. The predicted octanol–water partition coefficient (Wildman–Crippen LogP) is 2.76. The lowest BCUT2D eigenvalue weighted by molar-refractivity contribution is 0.232. The summed E-state index contributed by atoms with van der Waals surface area (Å²) in [6.07, 6.45) is 3.12. The molecule has 1 aliphatic rings. The van der Waals surface area contributed by atoms with Crippen LogP contribution in [-0.4, -0.2) is 42.1 Å². The van der Waals surface area contributed by atoms with Gasteiger partial charge in [0.25, 0.3) is 0 Å². The Hall–Kier alpha value is -0.610. The van der Waals surface area contributed by atoms with E-state index in [9.17, 15) is 0 Å². The first-order valence-corrected chi connectivity index (χ1v) is 7.14. The Morgan fingerprint density at radius 2 is 2.18 bits per heavy atom. The molecular weight excluding hydrogens is 278 g/mol. The third-order valence-corrected chi connectivity index (χ3v) is 4.00. The number of pyridine rings is 1.